The lowest BCUT2D eigenvalue weighted by molar-refractivity contribution is -0.122. The van der Waals surface area contributed by atoms with Gasteiger partial charge in [0.2, 0.25) is 0 Å². The Hall–Kier alpha value is -1.56. The van der Waals surface area contributed by atoms with Crippen molar-refractivity contribution in [2.75, 3.05) is 12.8 Å². The van der Waals surface area contributed by atoms with Gasteiger partial charge in [0.1, 0.15) is 5.75 Å². The molecule has 7 nitrogen and oxygen atoms in total. The van der Waals surface area contributed by atoms with Gasteiger partial charge in [-0.1, -0.05) is 96.4 Å². The third-order valence-electron chi connectivity index (χ3n) is 12.3. The second kappa shape index (κ2) is 11.8. The van der Waals surface area contributed by atoms with Crippen LogP contribution in [-0.4, -0.2) is 54.9 Å². The molecule has 0 radical (unpaired) electrons. The highest BCUT2D eigenvalue weighted by Crippen LogP contribution is 2.91. The number of carbonyl (C=O) groups excluding carboxylic acids is 1. The number of hydrogen-bond acceptors (Lipinski definition) is 4. The first-order chi connectivity index (χ1) is 20.6. The van der Waals surface area contributed by atoms with Crippen LogP contribution in [0.25, 0.3) is 5.53 Å². The molecule has 2 aliphatic heterocycles. The molecule has 1 N–H and O–H groups in total. The first kappa shape index (κ1) is 36.3. The lowest BCUT2D eigenvalue weighted by Gasteiger charge is -2.63. The zero-order valence-corrected chi connectivity index (χ0v) is 33.5. The predicted molar refractivity (Wildman–Crippen MR) is 191 cm³/mol. The molecule has 0 bridgehead atoms. The number of carbonyl (C=O) groups is 1. The molecular formula is C35H61N3O4Si3. The summed E-state index contributed by atoms with van der Waals surface area (Å²) in [6.07, 6.45) is 5.42. The maximum atomic E-state index is 13.5. The number of hydrogen-bond donors (Lipinski definition) is 1. The predicted octanol–water partition coefficient (Wildman–Crippen LogP) is 9.14. The van der Waals surface area contributed by atoms with Crippen molar-refractivity contribution in [1.29, 1.82) is 0 Å². The van der Waals surface area contributed by atoms with Crippen LogP contribution in [0.4, 0.5) is 0 Å². The Morgan fingerprint density at radius 1 is 0.933 bits per heavy atom. The Labute approximate surface area is 276 Å². The monoisotopic (exact) mass is 671 g/mol. The molecule has 0 spiro atoms. The summed E-state index contributed by atoms with van der Waals surface area (Å²) in [5, 5.41) is 3.33. The largest absolute Gasteiger partial charge is 0.484 e. The van der Waals surface area contributed by atoms with Gasteiger partial charge < -0.3 is 23.8 Å². The van der Waals surface area contributed by atoms with Gasteiger partial charge >= 0.3 is 8.56 Å². The summed E-state index contributed by atoms with van der Waals surface area (Å²) in [5.41, 5.74) is 10.7. The molecule has 3 fully saturated rings. The van der Waals surface area contributed by atoms with Crippen molar-refractivity contribution < 1.29 is 22.6 Å². The van der Waals surface area contributed by atoms with Crippen molar-refractivity contribution in [3.8, 4) is 5.75 Å². The summed E-state index contributed by atoms with van der Waals surface area (Å²) < 4.78 is 22.0. The Morgan fingerprint density at radius 2 is 1.40 bits per heavy atom. The summed E-state index contributed by atoms with van der Waals surface area (Å²) in [6, 6.07) is 9.34. The Kier molecular flexibility index (Phi) is 9.55. The average Bonchev–Trinajstić information content (AvgIpc) is 3.18. The Morgan fingerprint density at radius 3 is 1.80 bits per heavy atom. The summed E-state index contributed by atoms with van der Waals surface area (Å²) >= 11 is 0. The lowest BCUT2D eigenvalue weighted by atomic mass is 9.71. The molecule has 1 amide bonds. The van der Waals surface area contributed by atoms with E-state index in [0.29, 0.717) is 23.0 Å². The van der Waals surface area contributed by atoms with Crippen LogP contribution in [0, 0.1) is 10.8 Å². The van der Waals surface area contributed by atoms with Gasteiger partial charge in [-0.3, -0.25) is 4.79 Å². The molecule has 252 valence electrons. The molecule has 3 aliphatic rings. The fourth-order valence-corrected chi connectivity index (χ4v) is 38.1. The fraction of sp³-hybridized carbons (Fsp3) is 0.771. The fourth-order valence-electron chi connectivity index (χ4n) is 10.4. The quantitative estimate of drug-likeness (QED) is 0.116. The van der Waals surface area contributed by atoms with Crippen molar-refractivity contribution in [3.63, 3.8) is 0 Å². The van der Waals surface area contributed by atoms with Crippen LogP contribution in [-0.2, 0) is 13.0 Å². The van der Waals surface area contributed by atoms with Gasteiger partial charge in [0, 0.05) is 5.04 Å². The van der Waals surface area contributed by atoms with Gasteiger partial charge in [-0.25, -0.2) is 0 Å². The zero-order valence-electron chi connectivity index (χ0n) is 30.5. The smallest absolute Gasteiger partial charge is 0.344 e. The molecular weight excluding hydrogens is 611 g/mol. The van der Waals surface area contributed by atoms with Crippen LogP contribution in [0.3, 0.4) is 0 Å². The number of nitrogens with zero attached hydrogens (tertiary/aromatic N) is 2. The third-order valence-corrected chi connectivity index (χ3v) is 33.8. The average molecular weight is 672 g/mol. The van der Waals surface area contributed by atoms with E-state index in [9.17, 15) is 4.79 Å². The number of rotatable bonds is 10. The maximum Gasteiger partial charge on any atom is 0.344 e. The molecule has 1 aromatic carbocycles. The highest BCUT2D eigenvalue weighted by atomic mass is 28.5. The van der Waals surface area contributed by atoms with E-state index in [-0.39, 0.29) is 38.5 Å². The molecule has 10 heteroatoms. The minimum Gasteiger partial charge on any atom is -0.484 e. The molecule has 2 heterocycles. The molecule has 2 saturated heterocycles. The molecule has 45 heavy (non-hydrogen) atoms. The van der Waals surface area contributed by atoms with Crippen molar-refractivity contribution in [2.45, 2.75) is 148 Å². The van der Waals surface area contributed by atoms with E-state index in [1.807, 2.05) is 0 Å². The van der Waals surface area contributed by atoms with Gasteiger partial charge in [-0.15, -0.1) is 0 Å². The number of amides is 1. The second-order valence-electron chi connectivity index (χ2n) is 18.0. The molecule has 4 atom stereocenters. The van der Waals surface area contributed by atoms with Crippen LogP contribution in [0.5, 0.6) is 5.75 Å². The first-order valence-corrected chi connectivity index (χ1v) is 23.6. The van der Waals surface area contributed by atoms with E-state index >= 15 is 0 Å². The molecule has 4 unspecified atom stereocenters. The van der Waals surface area contributed by atoms with Crippen LogP contribution in [0.1, 0.15) is 115 Å². The number of benzene rings is 1. The lowest BCUT2D eigenvalue weighted by Crippen LogP contribution is -2.61. The third kappa shape index (κ3) is 5.59. The normalized spacial score (nSPS) is 36.2. The Bertz CT molecular complexity index is 1260. The topological polar surface area (TPSA) is 93.2 Å². The van der Waals surface area contributed by atoms with Gasteiger partial charge in [-0.2, -0.15) is 4.79 Å². The van der Waals surface area contributed by atoms with E-state index in [1.54, 1.807) is 24.3 Å². The van der Waals surface area contributed by atoms with Crippen molar-refractivity contribution in [2.24, 2.45) is 10.8 Å². The van der Waals surface area contributed by atoms with Gasteiger partial charge in [0.25, 0.3) is 12.1 Å². The van der Waals surface area contributed by atoms with Gasteiger partial charge in [-0.05, 0) is 81.2 Å². The Balaban J connectivity index is 1.79. The number of nitrogens with one attached hydrogen (secondary N) is 1. The molecule has 4 rings (SSSR count). The van der Waals surface area contributed by atoms with E-state index < -0.39 is 25.2 Å². The highest BCUT2D eigenvalue weighted by Gasteiger charge is 2.91. The van der Waals surface area contributed by atoms with Crippen molar-refractivity contribution in [3.05, 3.63) is 35.4 Å². The molecule has 1 aliphatic carbocycles. The van der Waals surface area contributed by atoms with Crippen LogP contribution in [0.15, 0.2) is 24.3 Å². The maximum absolute atomic E-state index is 13.5. The van der Waals surface area contributed by atoms with Crippen LogP contribution in [0.2, 0.25) is 38.3 Å². The number of ether oxygens (including phenoxy) is 1. The first-order valence-electron chi connectivity index (χ1n) is 17.2. The highest BCUT2D eigenvalue weighted by molar-refractivity contribution is 7.03. The summed E-state index contributed by atoms with van der Waals surface area (Å²) in [6.45, 7) is 31.6. The molecule has 0 aromatic heterocycles. The minimum atomic E-state index is -3.05. The SMILES string of the molecule is CC(C)[Si]1(CC(C)(C)C)O[Si]2(CNC(=O)COc3ccc(C=[N+]=[N-])cc3)O[Si](CC(C)(C)C)(C(C)C)C3(C)CCCC1(C)C32C. The van der Waals surface area contributed by atoms with Crippen molar-refractivity contribution >= 4 is 37.3 Å². The zero-order chi connectivity index (χ0) is 33.9. The summed E-state index contributed by atoms with van der Waals surface area (Å²) in [7, 11) is -7.93. The second-order valence-corrected chi connectivity index (χ2v) is 31.3. The van der Waals surface area contributed by atoms with Gasteiger partial charge in [0.05, 0.1) is 11.7 Å². The molecule has 1 saturated carbocycles. The minimum absolute atomic E-state index is 0.0447. The van der Waals surface area contributed by atoms with E-state index in [0.717, 1.165) is 17.7 Å². The van der Waals surface area contributed by atoms with E-state index in [2.05, 4.69) is 100 Å². The molecule has 1 aromatic rings. The van der Waals surface area contributed by atoms with Crippen LogP contribution < -0.4 is 10.1 Å². The van der Waals surface area contributed by atoms with E-state index in [1.165, 1.54) is 25.5 Å². The van der Waals surface area contributed by atoms with Crippen LogP contribution >= 0.6 is 0 Å². The van der Waals surface area contributed by atoms with E-state index in [4.69, 9.17) is 18.5 Å². The van der Waals surface area contributed by atoms with Crippen molar-refractivity contribution in [1.82, 2.24) is 5.32 Å². The van der Waals surface area contributed by atoms with Gasteiger partial charge in [0.15, 0.2) is 23.2 Å². The summed E-state index contributed by atoms with van der Waals surface area (Å²) in [5.74, 6) is 0.448. The summed E-state index contributed by atoms with van der Waals surface area (Å²) in [4.78, 5) is 16.6. The standard InChI is InChI=1S/C35H61N3O4Si3/c1-26(2)43(23-31(5,6)7)33(11)19-14-20-34(12)35(33,13)45(41-43,42-44(34,27(3)4)24-32(8,9)10)25-37-30(39)22-40-29-17-15-28(16-18-29)21-38-36/h15-18,21,26-27H,14,19-20,22-25H2,1-13H3,(H,37,39).